The van der Waals surface area contributed by atoms with Crippen LogP contribution in [0.5, 0.6) is 0 Å². The third-order valence-corrected chi connectivity index (χ3v) is 5.15. The van der Waals surface area contributed by atoms with Gasteiger partial charge in [0.2, 0.25) is 5.91 Å². The van der Waals surface area contributed by atoms with Crippen LogP contribution in [0.4, 0.5) is 0 Å². The normalized spacial score (nSPS) is 38.1. The Labute approximate surface area is 157 Å². The molecule has 3 rings (SSSR count). The van der Waals surface area contributed by atoms with E-state index in [1.165, 1.54) is 13.8 Å². The maximum absolute atomic E-state index is 12.6. The van der Waals surface area contributed by atoms with E-state index in [4.69, 9.17) is 9.47 Å². The summed E-state index contributed by atoms with van der Waals surface area (Å²) in [5.41, 5.74) is -0.651. The van der Waals surface area contributed by atoms with Gasteiger partial charge in [0.05, 0.1) is 30.5 Å². The summed E-state index contributed by atoms with van der Waals surface area (Å²) in [7, 11) is 0. The second kappa shape index (κ2) is 7.55. The molecule has 1 aromatic rings. The highest BCUT2D eigenvalue weighted by Gasteiger charge is 2.61. The van der Waals surface area contributed by atoms with Crippen LogP contribution in [0, 0.1) is 5.92 Å². The van der Waals surface area contributed by atoms with E-state index in [2.05, 4.69) is 5.32 Å². The van der Waals surface area contributed by atoms with Gasteiger partial charge in [-0.15, -0.1) is 0 Å². The molecule has 27 heavy (non-hydrogen) atoms. The first-order valence-electron chi connectivity index (χ1n) is 8.93. The van der Waals surface area contributed by atoms with Gasteiger partial charge < -0.3 is 30.1 Å². The number of hydrogen-bond donors (Lipinski definition) is 4. The van der Waals surface area contributed by atoms with Gasteiger partial charge in [-0.3, -0.25) is 4.79 Å². The van der Waals surface area contributed by atoms with E-state index in [0.29, 0.717) is 0 Å². The van der Waals surface area contributed by atoms with Crippen LogP contribution in [-0.2, 0) is 25.7 Å². The topological polar surface area (TPSA) is 125 Å². The summed E-state index contributed by atoms with van der Waals surface area (Å²) in [6, 6.07) is 8.31. The predicted molar refractivity (Wildman–Crippen MR) is 93.2 cm³/mol. The van der Waals surface area contributed by atoms with Crippen molar-refractivity contribution in [2.45, 2.75) is 62.9 Å². The Morgan fingerprint density at radius 2 is 1.85 bits per heavy atom. The first kappa shape index (κ1) is 19.8. The summed E-state index contributed by atoms with van der Waals surface area (Å²) in [5.74, 6) is -1.73. The monoisotopic (exact) mass is 379 g/mol. The molecule has 0 aromatic heterocycles. The van der Waals surface area contributed by atoms with Gasteiger partial charge in [-0.05, 0) is 12.5 Å². The van der Waals surface area contributed by atoms with Gasteiger partial charge in [0, 0.05) is 19.3 Å². The minimum absolute atomic E-state index is 0.0587. The van der Waals surface area contributed by atoms with Crippen molar-refractivity contribution >= 4 is 11.9 Å². The number of rotatable bonds is 5. The molecule has 1 saturated heterocycles. The zero-order valence-electron chi connectivity index (χ0n) is 15.2. The molecule has 1 saturated carbocycles. The summed E-state index contributed by atoms with van der Waals surface area (Å²) < 4.78 is 11.3. The van der Waals surface area contributed by atoms with Gasteiger partial charge >= 0.3 is 5.97 Å². The Morgan fingerprint density at radius 1 is 1.22 bits per heavy atom. The summed E-state index contributed by atoms with van der Waals surface area (Å²) in [4.78, 5) is 24.1. The lowest BCUT2D eigenvalue weighted by molar-refractivity contribution is -0.209. The van der Waals surface area contributed by atoms with Crippen LogP contribution in [0.25, 0.3) is 0 Å². The standard InChI is InChI=1S/C19H25NO7/c1-10(21)20-14-12(22)8-19(2,27-17(14)13-15(23)16(13)24)18(25)26-9-11-6-4-3-5-7-11/h3-7,12-17,22-24H,8-9H2,1-2H3,(H,20,21)/t12?,13?,14-,15+,16?,17?,19-/m1/s1. The van der Waals surface area contributed by atoms with E-state index in [1.54, 1.807) is 0 Å². The first-order chi connectivity index (χ1) is 12.7. The van der Waals surface area contributed by atoms with Crippen LogP contribution in [-0.4, -0.2) is 63.3 Å². The van der Waals surface area contributed by atoms with E-state index in [1.807, 2.05) is 30.3 Å². The lowest BCUT2D eigenvalue weighted by Crippen LogP contribution is -2.63. The minimum Gasteiger partial charge on any atom is -0.459 e. The Kier molecular flexibility index (Phi) is 5.53. The van der Waals surface area contributed by atoms with E-state index < -0.39 is 47.9 Å². The van der Waals surface area contributed by atoms with Crippen molar-refractivity contribution in [2.24, 2.45) is 5.92 Å². The molecule has 8 nitrogen and oxygen atoms in total. The molecule has 1 aliphatic carbocycles. The smallest absolute Gasteiger partial charge is 0.338 e. The van der Waals surface area contributed by atoms with E-state index >= 15 is 0 Å². The summed E-state index contributed by atoms with van der Waals surface area (Å²) in [6.07, 6.45) is -4.15. The van der Waals surface area contributed by atoms with Crippen molar-refractivity contribution in [2.75, 3.05) is 0 Å². The zero-order chi connectivity index (χ0) is 19.8. The van der Waals surface area contributed by atoms with Gasteiger partial charge in [0.15, 0.2) is 5.60 Å². The summed E-state index contributed by atoms with van der Waals surface area (Å²) in [6.45, 7) is 2.86. The maximum atomic E-state index is 12.6. The Balaban J connectivity index is 1.73. The molecule has 2 aliphatic rings. The van der Waals surface area contributed by atoms with Gasteiger partial charge in [0.25, 0.3) is 0 Å². The molecular formula is C19H25NO7. The number of hydrogen-bond acceptors (Lipinski definition) is 7. The van der Waals surface area contributed by atoms with Crippen molar-refractivity contribution in [3.05, 3.63) is 35.9 Å². The lowest BCUT2D eigenvalue weighted by Gasteiger charge is -2.44. The van der Waals surface area contributed by atoms with Gasteiger partial charge in [0.1, 0.15) is 6.61 Å². The number of carbonyl (C=O) groups excluding carboxylic acids is 2. The van der Waals surface area contributed by atoms with Crippen LogP contribution >= 0.6 is 0 Å². The molecule has 7 atom stereocenters. The van der Waals surface area contributed by atoms with Crippen LogP contribution in [0.3, 0.4) is 0 Å². The highest BCUT2D eigenvalue weighted by molar-refractivity contribution is 5.79. The van der Waals surface area contributed by atoms with Crippen LogP contribution < -0.4 is 5.32 Å². The molecule has 1 heterocycles. The molecule has 1 aromatic carbocycles. The molecule has 2 fully saturated rings. The first-order valence-corrected chi connectivity index (χ1v) is 8.93. The third kappa shape index (κ3) is 4.14. The van der Waals surface area contributed by atoms with Crippen molar-refractivity contribution in [1.29, 1.82) is 0 Å². The van der Waals surface area contributed by atoms with Crippen molar-refractivity contribution in [1.82, 2.24) is 5.32 Å². The Hall–Kier alpha value is -2.00. The van der Waals surface area contributed by atoms with Crippen molar-refractivity contribution in [3.63, 3.8) is 0 Å². The predicted octanol–water partition coefficient (Wildman–Crippen LogP) is -0.505. The maximum Gasteiger partial charge on any atom is 0.338 e. The number of ether oxygens (including phenoxy) is 2. The van der Waals surface area contributed by atoms with Crippen LogP contribution in [0.15, 0.2) is 30.3 Å². The van der Waals surface area contributed by atoms with Crippen LogP contribution in [0.1, 0.15) is 25.8 Å². The summed E-state index contributed by atoms with van der Waals surface area (Å²) in [5, 5.41) is 32.7. The molecule has 1 aliphatic heterocycles. The molecule has 4 unspecified atom stereocenters. The molecule has 8 heteroatoms. The highest BCUT2D eigenvalue weighted by atomic mass is 16.6. The zero-order valence-corrected chi connectivity index (χ0v) is 15.2. The van der Waals surface area contributed by atoms with Gasteiger partial charge in [-0.1, -0.05) is 30.3 Å². The number of nitrogens with one attached hydrogen (secondary N) is 1. The number of aliphatic hydroxyl groups is 3. The highest BCUT2D eigenvalue weighted by Crippen LogP contribution is 2.43. The SMILES string of the molecule is CC(=O)N[C@@H]1C(O)C[C@](C)(C(=O)OCc2ccccc2)OC1C1C(O)[C@H]1O. The van der Waals surface area contributed by atoms with Crippen LogP contribution in [0.2, 0.25) is 0 Å². The van der Waals surface area contributed by atoms with Crippen molar-refractivity contribution < 1.29 is 34.4 Å². The van der Waals surface area contributed by atoms with E-state index in [0.717, 1.165) is 5.56 Å². The number of esters is 1. The fraction of sp³-hybridized carbons (Fsp3) is 0.579. The number of carbonyl (C=O) groups is 2. The van der Waals surface area contributed by atoms with E-state index in [9.17, 15) is 24.9 Å². The Bertz CT molecular complexity index is 689. The second-order valence-electron chi connectivity index (χ2n) is 7.43. The number of benzene rings is 1. The van der Waals surface area contributed by atoms with Gasteiger partial charge in [-0.25, -0.2) is 4.79 Å². The van der Waals surface area contributed by atoms with Gasteiger partial charge in [-0.2, -0.15) is 0 Å². The molecule has 0 bridgehead atoms. The quantitative estimate of drug-likeness (QED) is 0.508. The average molecular weight is 379 g/mol. The molecule has 148 valence electrons. The molecule has 1 amide bonds. The Morgan fingerprint density at radius 3 is 2.41 bits per heavy atom. The molecule has 0 spiro atoms. The molecule has 0 radical (unpaired) electrons. The molecular weight excluding hydrogens is 354 g/mol. The number of amides is 1. The fourth-order valence-corrected chi connectivity index (χ4v) is 3.60. The third-order valence-electron chi connectivity index (χ3n) is 5.15. The molecule has 4 N–H and O–H groups in total. The lowest BCUT2D eigenvalue weighted by atomic mass is 9.85. The fourth-order valence-electron chi connectivity index (χ4n) is 3.60. The largest absolute Gasteiger partial charge is 0.459 e. The second-order valence-corrected chi connectivity index (χ2v) is 7.43. The van der Waals surface area contributed by atoms with E-state index in [-0.39, 0.29) is 18.9 Å². The number of aliphatic hydroxyl groups excluding tert-OH is 3. The summed E-state index contributed by atoms with van der Waals surface area (Å²) >= 11 is 0. The minimum atomic E-state index is -1.46. The van der Waals surface area contributed by atoms with Crippen molar-refractivity contribution in [3.8, 4) is 0 Å². The average Bonchev–Trinajstić information content (AvgIpc) is 3.22.